The Labute approximate surface area is 258 Å². The van der Waals surface area contributed by atoms with Gasteiger partial charge >= 0.3 is 37.7 Å². The van der Waals surface area contributed by atoms with Crippen molar-refractivity contribution in [2.75, 3.05) is 0 Å². The quantitative estimate of drug-likeness (QED) is 0.145. The molecule has 1 unspecified atom stereocenters. The Morgan fingerprint density at radius 2 is 0.784 bits per heavy atom. The topological polar surface area (TPSA) is 120 Å². The van der Waals surface area contributed by atoms with Gasteiger partial charge in [-0.3, -0.25) is 0 Å². The molecule has 37 heavy (non-hydrogen) atoms. The zero-order valence-corrected chi connectivity index (χ0v) is 27.3. The van der Waals surface area contributed by atoms with Crippen LogP contribution in [-0.4, -0.2) is 17.9 Å². The van der Waals surface area contributed by atoms with Gasteiger partial charge in [0.25, 0.3) is 0 Å². The fourth-order valence-corrected chi connectivity index (χ4v) is 3.38. The Morgan fingerprint density at radius 3 is 1.03 bits per heavy atom. The van der Waals surface area contributed by atoms with Crippen LogP contribution in [0, 0.1) is 54.0 Å². The Morgan fingerprint density at radius 1 is 0.486 bits per heavy atom. The maximum absolute atomic E-state index is 10.7. The summed E-state index contributed by atoms with van der Waals surface area (Å²) in [5, 5.41) is 31.9. The van der Waals surface area contributed by atoms with E-state index in [9.17, 15) is 29.7 Å². The van der Waals surface area contributed by atoms with Gasteiger partial charge in [0.05, 0.1) is 0 Å². The Balaban J connectivity index is -0.000000218. The van der Waals surface area contributed by atoms with Gasteiger partial charge in [0.15, 0.2) is 0 Å². The van der Waals surface area contributed by atoms with Crippen LogP contribution in [0.5, 0.6) is 0 Å². The van der Waals surface area contributed by atoms with E-state index in [1.807, 2.05) is 6.92 Å². The Hall–Kier alpha value is -0.330. The summed E-state index contributed by atoms with van der Waals surface area (Å²) in [5.74, 6) is -2.76. The molecule has 0 aliphatic heterocycles. The van der Waals surface area contributed by atoms with Crippen LogP contribution in [0.3, 0.4) is 0 Å². The van der Waals surface area contributed by atoms with E-state index in [0.717, 1.165) is 64.2 Å². The van der Waals surface area contributed by atoms with Crippen LogP contribution < -0.4 is 15.3 Å². The van der Waals surface area contributed by atoms with Crippen molar-refractivity contribution in [3.8, 4) is 0 Å². The minimum absolute atomic E-state index is 0. The van der Waals surface area contributed by atoms with Crippen molar-refractivity contribution in [3.63, 3.8) is 0 Å². The first kappa shape index (κ1) is 43.7. The second kappa shape index (κ2) is 24.7. The smallest absolute Gasteiger partial charge is 0.550 e. The Kier molecular flexibility index (Phi) is 29.2. The second-order valence-corrected chi connectivity index (χ2v) is 11.6. The molecule has 0 radical (unpaired) electrons. The number of hydrogen-bond acceptors (Lipinski definition) is 6. The molecule has 7 heteroatoms. The molecule has 0 heterocycles. The predicted octanol–water partition coefficient (Wildman–Crippen LogP) is 5.20. The predicted molar refractivity (Wildman–Crippen MR) is 143 cm³/mol. The van der Waals surface area contributed by atoms with Crippen molar-refractivity contribution in [1.29, 1.82) is 0 Å². The second-order valence-electron chi connectivity index (χ2n) is 11.6. The summed E-state index contributed by atoms with van der Waals surface area (Å²) in [4.78, 5) is 31.9. The van der Waals surface area contributed by atoms with Gasteiger partial charge in [0.1, 0.15) is 0 Å². The summed E-state index contributed by atoms with van der Waals surface area (Å²) in [5.41, 5.74) is -1.89. The average Bonchev–Trinajstić information content (AvgIpc) is 2.80. The van der Waals surface area contributed by atoms with Crippen LogP contribution in [-0.2, 0) is 14.4 Å². The number of rotatable bonds is 18. The molecule has 0 N–H and O–H groups in total. The number of carboxylic acids is 3. The van der Waals surface area contributed by atoms with Crippen molar-refractivity contribution in [1.82, 2.24) is 0 Å². The third-order valence-corrected chi connectivity index (χ3v) is 7.02. The van der Waals surface area contributed by atoms with E-state index in [-0.39, 0.29) is 37.7 Å². The molecule has 0 aromatic rings. The first-order valence-corrected chi connectivity index (χ1v) is 14.2. The number of carboxylic acid groups (broad SMARTS) is 3. The van der Waals surface area contributed by atoms with Crippen molar-refractivity contribution < 1.29 is 67.4 Å². The molecule has 0 aliphatic carbocycles. The summed E-state index contributed by atoms with van der Waals surface area (Å²) in [6.45, 7) is 17.0. The number of aliphatic carboxylic acids is 3. The fourth-order valence-electron chi connectivity index (χ4n) is 3.38. The van der Waals surface area contributed by atoms with Crippen LogP contribution in [0.25, 0.3) is 0 Å². The van der Waals surface area contributed by atoms with Crippen LogP contribution in [0.15, 0.2) is 0 Å². The van der Waals surface area contributed by atoms with E-state index in [1.54, 1.807) is 34.6 Å². The molecule has 0 bridgehead atoms. The standard InChI is InChI=1S/3C10H20O2.Ho/c2*1-4-5-6-7-8-10(2,3)9(11)12;1-4-6-7-8-10(3,5-2)9(11)12;/h3*4-8H2,1-3H3,(H,11,12);/q;;;+3/p-3. The first-order valence-electron chi connectivity index (χ1n) is 14.2. The van der Waals surface area contributed by atoms with Crippen LogP contribution >= 0.6 is 0 Å². The molecule has 0 amide bonds. The minimum atomic E-state index is -0.931. The SMILES string of the molecule is CCCCCC(C)(CC)C(=O)[O-].CCCCCCC(C)(C)C(=O)[O-].CCCCCCC(C)(C)C(=O)[O-].[Ho+3]. The summed E-state index contributed by atoms with van der Waals surface area (Å²) in [7, 11) is 0. The molecular formula is C30H57HoO6. The van der Waals surface area contributed by atoms with E-state index in [4.69, 9.17) is 0 Å². The maximum Gasteiger partial charge on any atom is 3.00 e. The van der Waals surface area contributed by atoms with Gasteiger partial charge in [-0.15, -0.1) is 0 Å². The van der Waals surface area contributed by atoms with Gasteiger partial charge in [-0.05, 0) is 25.7 Å². The Bertz CT molecular complexity index is 555. The zero-order chi connectivity index (χ0) is 28.8. The monoisotopic (exact) mass is 678 g/mol. The molecule has 6 nitrogen and oxygen atoms in total. The molecule has 0 aliphatic rings. The van der Waals surface area contributed by atoms with Gasteiger partial charge in [0.2, 0.25) is 0 Å². The minimum Gasteiger partial charge on any atom is -0.550 e. The largest absolute Gasteiger partial charge is 3.00 e. The molecular weight excluding hydrogens is 621 g/mol. The molecule has 0 spiro atoms. The molecule has 0 saturated heterocycles. The molecule has 0 aromatic carbocycles. The van der Waals surface area contributed by atoms with Crippen molar-refractivity contribution >= 4 is 17.9 Å². The zero-order valence-electron chi connectivity index (χ0n) is 25.4. The summed E-state index contributed by atoms with van der Waals surface area (Å²) < 4.78 is 0. The van der Waals surface area contributed by atoms with Crippen LogP contribution in [0.2, 0.25) is 0 Å². The third-order valence-electron chi connectivity index (χ3n) is 7.02. The van der Waals surface area contributed by atoms with E-state index >= 15 is 0 Å². The fraction of sp³-hybridized carbons (Fsp3) is 0.900. The van der Waals surface area contributed by atoms with E-state index in [0.29, 0.717) is 6.42 Å². The van der Waals surface area contributed by atoms with Crippen LogP contribution in [0.1, 0.15) is 159 Å². The first-order chi connectivity index (χ1) is 16.6. The summed E-state index contributed by atoms with van der Waals surface area (Å²) >= 11 is 0. The van der Waals surface area contributed by atoms with E-state index < -0.39 is 34.2 Å². The normalized spacial score (nSPS) is 12.6. The van der Waals surface area contributed by atoms with Gasteiger partial charge in [-0.2, -0.15) is 0 Å². The summed E-state index contributed by atoms with van der Waals surface area (Å²) in [6.07, 6.45) is 15.1. The molecule has 0 aromatic heterocycles. The molecule has 224 valence electrons. The van der Waals surface area contributed by atoms with Crippen molar-refractivity contribution in [2.45, 2.75) is 159 Å². The van der Waals surface area contributed by atoms with Crippen molar-refractivity contribution in [2.24, 2.45) is 16.2 Å². The molecule has 0 fully saturated rings. The van der Waals surface area contributed by atoms with Gasteiger partial charge in [0, 0.05) is 34.2 Å². The number of hydrogen-bond donors (Lipinski definition) is 0. The van der Waals surface area contributed by atoms with E-state index in [2.05, 4.69) is 20.8 Å². The third kappa shape index (κ3) is 24.4. The van der Waals surface area contributed by atoms with E-state index in [1.165, 1.54) is 25.7 Å². The van der Waals surface area contributed by atoms with Crippen LogP contribution in [0.4, 0.5) is 0 Å². The number of carbonyl (C=O) groups excluding carboxylic acids is 3. The maximum atomic E-state index is 10.7. The van der Waals surface area contributed by atoms with Crippen molar-refractivity contribution in [3.05, 3.63) is 0 Å². The summed E-state index contributed by atoms with van der Waals surface area (Å²) in [6, 6.07) is 0. The molecule has 0 rings (SSSR count). The van der Waals surface area contributed by atoms with Gasteiger partial charge in [-0.1, -0.05) is 133 Å². The number of carbonyl (C=O) groups is 3. The number of unbranched alkanes of at least 4 members (excludes halogenated alkanes) is 8. The van der Waals surface area contributed by atoms with Gasteiger partial charge in [-0.25, -0.2) is 0 Å². The molecule has 0 saturated carbocycles. The molecule has 1 atom stereocenters. The van der Waals surface area contributed by atoms with Gasteiger partial charge < -0.3 is 29.7 Å². The average molecular weight is 679 g/mol.